The van der Waals surface area contributed by atoms with Crippen molar-refractivity contribution in [2.45, 2.75) is 0 Å². The molecule has 0 fully saturated rings. The van der Waals surface area contributed by atoms with Gasteiger partial charge in [0.05, 0.1) is 0 Å². The molecule has 6 heteroatoms. The van der Waals surface area contributed by atoms with E-state index in [0.29, 0.717) is 0 Å². The molecule has 4 nitrogen and oxygen atoms in total. The second-order valence-electron chi connectivity index (χ2n) is 1.32. The third-order valence-electron chi connectivity index (χ3n) is 0.530. The van der Waals surface area contributed by atoms with Crippen molar-refractivity contribution in [3.05, 3.63) is 12.7 Å². The van der Waals surface area contributed by atoms with Crippen molar-refractivity contribution < 1.29 is 18.3 Å². The zero-order chi connectivity index (χ0) is 8.20. The summed E-state index contributed by atoms with van der Waals surface area (Å²) in [6.07, 6.45) is 1.28. The first-order valence-electron chi connectivity index (χ1n) is 2.23. The van der Waals surface area contributed by atoms with Crippen LogP contribution in [0.15, 0.2) is 12.7 Å². The summed E-state index contributed by atoms with van der Waals surface area (Å²) < 4.78 is 22.8. The molecule has 0 spiro atoms. The monoisotopic (exact) mass is 182 g/mol. The molecule has 0 aromatic rings. The first-order chi connectivity index (χ1) is 4.48. The van der Waals surface area contributed by atoms with Gasteiger partial charge in [0, 0.05) is 11.2 Å². The van der Waals surface area contributed by atoms with Gasteiger partial charge in [-0.25, -0.2) is 9.00 Å². The number of hydrogen-bond acceptors (Lipinski definition) is 4. The van der Waals surface area contributed by atoms with E-state index in [0.717, 1.165) is 0 Å². The van der Waals surface area contributed by atoms with E-state index in [9.17, 15) is 9.00 Å². The molecule has 0 aromatic carbocycles. The summed E-state index contributed by atoms with van der Waals surface area (Å²) >= 11 is 3.90. The van der Waals surface area contributed by atoms with Crippen molar-refractivity contribution in [2.24, 2.45) is 0 Å². The highest BCUT2D eigenvalue weighted by Crippen LogP contribution is 1.91. The molecule has 0 aliphatic carbocycles. The molecule has 1 atom stereocenters. The Morgan fingerprint density at radius 1 is 1.90 bits per heavy atom. The highest BCUT2D eigenvalue weighted by molar-refractivity contribution is 8.38. The van der Waals surface area contributed by atoms with Gasteiger partial charge in [0.15, 0.2) is 0 Å². The third-order valence-corrected chi connectivity index (χ3v) is 1.48. The Balaban J connectivity index is 4.00. The van der Waals surface area contributed by atoms with Crippen molar-refractivity contribution in [1.29, 1.82) is 0 Å². The average Bonchev–Trinajstić information content (AvgIpc) is 1.80. The fourth-order valence-electron chi connectivity index (χ4n) is 0.201. The molecule has 1 N–H and O–H groups in total. The Morgan fingerprint density at radius 2 is 2.40 bits per heavy atom. The summed E-state index contributed by atoms with van der Waals surface area (Å²) in [6.45, 7) is 3.12. The summed E-state index contributed by atoms with van der Waals surface area (Å²) in [5, 5.41) is -1.29. The fraction of sp³-hybridized carbons (Fsp3) is 0.250. The molecule has 0 amide bonds. The Bertz CT molecular complexity index is 228. The predicted octanol–water partition coefficient (Wildman–Crippen LogP) is 0.528. The Labute approximate surface area is 63.4 Å². The number of ether oxygens (including phenoxy) is 1. The van der Waals surface area contributed by atoms with Crippen LogP contribution in [0, 0.1) is 0 Å². The summed E-state index contributed by atoms with van der Waals surface area (Å²) in [5.74, 6) is 0. The molecule has 0 aliphatic rings. The van der Waals surface area contributed by atoms with Gasteiger partial charge in [0.2, 0.25) is 8.77 Å². The van der Waals surface area contributed by atoms with Gasteiger partial charge >= 0.3 is 5.30 Å². The highest BCUT2D eigenvalue weighted by atomic mass is 32.8. The van der Waals surface area contributed by atoms with Gasteiger partial charge in [-0.2, -0.15) is 0 Å². The molecule has 0 rings (SSSR count). The van der Waals surface area contributed by atoms with Crippen molar-refractivity contribution in [3.63, 3.8) is 0 Å². The molecule has 1 unspecified atom stereocenters. The molecule has 0 heterocycles. The van der Waals surface area contributed by atoms with Crippen molar-refractivity contribution >= 4 is 25.3 Å². The van der Waals surface area contributed by atoms with E-state index in [1.54, 1.807) is 0 Å². The van der Waals surface area contributed by atoms with Gasteiger partial charge in [-0.1, -0.05) is 12.7 Å². The quantitative estimate of drug-likeness (QED) is 0.498. The van der Waals surface area contributed by atoms with Gasteiger partial charge in [-0.05, 0) is 0 Å². The number of carbonyl (C=O) groups excluding carboxylic acids is 1. The van der Waals surface area contributed by atoms with Crippen LogP contribution >= 0.6 is 0 Å². The molecule has 0 aliphatic heterocycles. The van der Waals surface area contributed by atoms with Crippen LogP contribution < -0.4 is 0 Å². The van der Waals surface area contributed by atoms with Crippen LogP contribution in [0.4, 0.5) is 4.79 Å². The molecule has 58 valence electrons. The van der Waals surface area contributed by atoms with Crippen LogP contribution in [-0.2, 0) is 24.7 Å². The maximum absolute atomic E-state index is 10.3. The third kappa shape index (κ3) is 3.54. The largest absolute Gasteiger partial charge is 0.450 e. The molecule has 0 aromatic heterocycles. The average molecular weight is 182 g/mol. The van der Waals surface area contributed by atoms with E-state index in [-0.39, 0.29) is 6.61 Å². The maximum atomic E-state index is 10.3. The minimum absolute atomic E-state index is 0.104. The first-order valence-corrected chi connectivity index (χ1v) is 4.67. The highest BCUT2D eigenvalue weighted by Gasteiger charge is 2.14. The van der Waals surface area contributed by atoms with Gasteiger partial charge in [-0.3, -0.25) is 4.55 Å². The summed E-state index contributed by atoms with van der Waals surface area (Å²) in [6, 6.07) is 0. The number of hydrogen-bond donors (Lipinski definition) is 1. The van der Waals surface area contributed by atoms with E-state index >= 15 is 0 Å². The Kier molecular flexibility index (Phi) is 3.48. The zero-order valence-electron chi connectivity index (χ0n) is 4.98. The lowest BCUT2D eigenvalue weighted by atomic mass is 10.7. The Morgan fingerprint density at radius 3 is 2.70 bits per heavy atom. The van der Waals surface area contributed by atoms with Crippen molar-refractivity contribution in [2.75, 3.05) is 6.61 Å². The van der Waals surface area contributed by atoms with E-state index < -0.39 is 14.1 Å². The van der Waals surface area contributed by atoms with Gasteiger partial charge in [0.1, 0.15) is 6.61 Å². The zero-order valence-corrected chi connectivity index (χ0v) is 6.61. The van der Waals surface area contributed by atoms with Crippen LogP contribution in [0.5, 0.6) is 0 Å². The first kappa shape index (κ1) is 9.54. The molecular formula is C4H6O4S2. The van der Waals surface area contributed by atoms with Crippen molar-refractivity contribution in [3.8, 4) is 0 Å². The lowest BCUT2D eigenvalue weighted by Crippen LogP contribution is -2.13. The Hall–Kier alpha value is -0.460. The van der Waals surface area contributed by atoms with Gasteiger partial charge in [0.25, 0.3) is 0 Å². The van der Waals surface area contributed by atoms with Crippen LogP contribution in [0.1, 0.15) is 0 Å². The minimum Gasteiger partial charge on any atom is -0.450 e. The van der Waals surface area contributed by atoms with Crippen LogP contribution in [0.25, 0.3) is 0 Å². The lowest BCUT2D eigenvalue weighted by Gasteiger charge is -1.97. The molecular weight excluding hydrogens is 176 g/mol. The van der Waals surface area contributed by atoms with Crippen LogP contribution in [0.2, 0.25) is 0 Å². The number of carbonyl (C=O) groups is 1. The SMILES string of the molecule is C=CCOC(=O)S(=O)(O)=S. The van der Waals surface area contributed by atoms with Crippen LogP contribution in [0.3, 0.4) is 0 Å². The smallest absolute Gasteiger partial charge is 0.425 e. The standard InChI is InChI=1S/C4H6O4S2/c1-2-3-8-4(5)10(6,7)9/h2H,1,3H2,(H,6,7,9). The number of rotatable bonds is 2. The minimum atomic E-state index is -3.85. The predicted molar refractivity (Wildman–Crippen MR) is 39.7 cm³/mol. The topological polar surface area (TPSA) is 63.6 Å². The summed E-state index contributed by atoms with van der Waals surface area (Å²) in [5.41, 5.74) is 0. The molecule has 0 radical (unpaired) electrons. The van der Waals surface area contributed by atoms with Gasteiger partial charge < -0.3 is 4.74 Å². The van der Waals surface area contributed by atoms with E-state index in [1.165, 1.54) is 6.08 Å². The second kappa shape index (κ2) is 3.65. The molecule has 0 bridgehead atoms. The molecule has 10 heavy (non-hydrogen) atoms. The molecule has 0 saturated carbocycles. The summed E-state index contributed by atoms with van der Waals surface area (Å²) in [4.78, 5) is 10.3. The fourth-order valence-corrected chi connectivity index (χ4v) is 0.563. The van der Waals surface area contributed by atoms with Crippen molar-refractivity contribution in [1.82, 2.24) is 0 Å². The van der Waals surface area contributed by atoms with E-state index in [4.69, 9.17) is 4.55 Å². The summed E-state index contributed by atoms with van der Waals surface area (Å²) in [7, 11) is -3.85. The second-order valence-corrected chi connectivity index (χ2v) is 3.96. The molecule has 0 saturated heterocycles. The normalized spacial score (nSPS) is 15.3. The lowest BCUT2D eigenvalue weighted by molar-refractivity contribution is 0.184. The van der Waals surface area contributed by atoms with E-state index in [1.807, 2.05) is 0 Å². The van der Waals surface area contributed by atoms with Gasteiger partial charge in [-0.15, -0.1) is 0 Å². The maximum Gasteiger partial charge on any atom is 0.425 e. The van der Waals surface area contributed by atoms with E-state index in [2.05, 4.69) is 22.5 Å². The van der Waals surface area contributed by atoms with Crippen LogP contribution in [-0.4, -0.2) is 20.7 Å².